The fourth-order valence-corrected chi connectivity index (χ4v) is 4.22. The van der Waals surface area contributed by atoms with Crippen LogP contribution in [0.25, 0.3) is 0 Å². The topological polar surface area (TPSA) is 60.9 Å². The van der Waals surface area contributed by atoms with E-state index < -0.39 is 11.9 Å². The number of carboxylic acids is 1. The predicted octanol–water partition coefficient (Wildman–Crippen LogP) is 2.47. The summed E-state index contributed by atoms with van der Waals surface area (Å²) in [4.78, 5) is 28.7. The van der Waals surface area contributed by atoms with Gasteiger partial charge in [-0.2, -0.15) is 0 Å². The summed E-state index contributed by atoms with van der Waals surface area (Å²) in [5.74, 6) is -1.21. The number of rotatable bonds is 5. The smallest absolute Gasteiger partial charge is 0.307 e. The van der Waals surface area contributed by atoms with Crippen LogP contribution in [0.5, 0.6) is 0 Å². The Morgan fingerprint density at radius 3 is 2.28 bits per heavy atom. The Morgan fingerprint density at radius 1 is 1.04 bits per heavy atom. The van der Waals surface area contributed by atoms with Gasteiger partial charge >= 0.3 is 5.97 Å². The molecule has 1 aromatic rings. The number of carbonyl (C=O) groups excluding carboxylic acids is 1. The van der Waals surface area contributed by atoms with E-state index in [2.05, 4.69) is 24.0 Å². The molecule has 3 atom stereocenters. The van der Waals surface area contributed by atoms with Crippen LogP contribution in [0.4, 0.5) is 0 Å². The molecule has 1 saturated carbocycles. The average molecular weight is 344 g/mol. The summed E-state index contributed by atoms with van der Waals surface area (Å²) >= 11 is 0. The Labute approximate surface area is 149 Å². The molecular formula is C20H28N2O3. The van der Waals surface area contributed by atoms with E-state index in [4.69, 9.17) is 0 Å². The average Bonchev–Trinajstić information content (AvgIpc) is 3.07. The van der Waals surface area contributed by atoms with Crippen LogP contribution in [-0.2, 0) is 16.1 Å². The zero-order chi connectivity index (χ0) is 17.8. The quantitative estimate of drug-likeness (QED) is 0.891. The van der Waals surface area contributed by atoms with Gasteiger partial charge in [0, 0.05) is 32.7 Å². The highest BCUT2D eigenvalue weighted by Gasteiger charge is 2.43. The number of nitrogens with zero attached hydrogens (tertiary/aromatic N) is 2. The second-order valence-electron chi connectivity index (χ2n) is 7.38. The van der Waals surface area contributed by atoms with E-state index >= 15 is 0 Å². The number of aliphatic carboxylic acids is 1. The highest BCUT2D eigenvalue weighted by atomic mass is 16.4. The minimum atomic E-state index is -0.808. The molecule has 1 saturated heterocycles. The highest BCUT2D eigenvalue weighted by Crippen LogP contribution is 2.39. The van der Waals surface area contributed by atoms with Crippen molar-refractivity contribution in [2.45, 2.75) is 32.7 Å². The fourth-order valence-electron chi connectivity index (χ4n) is 4.22. The molecule has 0 spiro atoms. The first-order chi connectivity index (χ1) is 12.1. The van der Waals surface area contributed by atoms with Crippen molar-refractivity contribution in [1.82, 2.24) is 9.80 Å². The van der Waals surface area contributed by atoms with Crippen molar-refractivity contribution in [3.05, 3.63) is 35.9 Å². The van der Waals surface area contributed by atoms with Gasteiger partial charge in [-0.15, -0.1) is 0 Å². The first-order valence-corrected chi connectivity index (χ1v) is 9.36. The molecule has 5 heteroatoms. The van der Waals surface area contributed by atoms with Crippen LogP contribution < -0.4 is 0 Å². The summed E-state index contributed by atoms with van der Waals surface area (Å²) in [6.45, 7) is 6.09. The van der Waals surface area contributed by atoms with Crippen molar-refractivity contribution < 1.29 is 14.7 Å². The van der Waals surface area contributed by atoms with Gasteiger partial charge < -0.3 is 10.0 Å². The minimum absolute atomic E-state index is 0.0581. The van der Waals surface area contributed by atoms with Crippen molar-refractivity contribution in [3.8, 4) is 0 Å². The van der Waals surface area contributed by atoms with Gasteiger partial charge in [0.25, 0.3) is 0 Å². The number of carbonyl (C=O) groups is 2. The molecule has 2 aliphatic rings. The molecule has 1 heterocycles. The number of carboxylic acid groups (broad SMARTS) is 1. The van der Waals surface area contributed by atoms with E-state index in [1.807, 2.05) is 23.1 Å². The third-order valence-corrected chi connectivity index (χ3v) is 5.80. The standard InChI is InChI=1S/C20H28N2O3/c1-2-15-12-17(18(13-15)20(24)25)19(23)22-10-8-21(9-11-22)14-16-6-4-3-5-7-16/h3-7,15,17-18H,2,8-14H2,1H3,(H,24,25)/t15?,17-,18+/m0/s1. The maximum atomic E-state index is 12.9. The molecule has 3 rings (SSSR count). The fraction of sp³-hybridized carbons (Fsp3) is 0.600. The van der Waals surface area contributed by atoms with Crippen LogP contribution in [0.15, 0.2) is 30.3 Å². The monoisotopic (exact) mass is 344 g/mol. The Bertz CT molecular complexity index is 596. The SMILES string of the molecule is CCC1C[C@H](C(=O)N2CCN(Cc3ccccc3)CC2)[C@H](C(=O)O)C1. The van der Waals surface area contributed by atoms with Gasteiger partial charge in [-0.25, -0.2) is 0 Å². The number of hydrogen-bond acceptors (Lipinski definition) is 3. The molecule has 1 aromatic carbocycles. The van der Waals surface area contributed by atoms with E-state index in [1.54, 1.807) is 0 Å². The summed E-state index contributed by atoms with van der Waals surface area (Å²) in [6, 6.07) is 10.4. The summed E-state index contributed by atoms with van der Waals surface area (Å²) in [5.41, 5.74) is 1.29. The summed E-state index contributed by atoms with van der Waals surface area (Å²) < 4.78 is 0. The maximum absolute atomic E-state index is 12.9. The van der Waals surface area contributed by atoms with Crippen molar-refractivity contribution in [2.75, 3.05) is 26.2 Å². The first kappa shape index (κ1) is 17.9. The van der Waals surface area contributed by atoms with Gasteiger partial charge in [0.05, 0.1) is 11.8 Å². The van der Waals surface area contributed by atoms with Crippen LogP contribution in [0.1, 0.15) is 31.7 Å². The van der Waals surface area contributed by atoms with Gasteiger partial charge in [-0.05, 0) is 24.3 Å². The second kappa shape index (κ2) is 8.00. The van der Waals surface area contributed by atoms with E-state index in [-0.39, 0.29) is 11.8 Å². The Kier molecular flexibility index (Phi) is 5.74. The van der Waals surface area contributed by atoms with Crippen LogP contribution in [-0.4, -0.2) is 53.0 Å². The predicted molar refractivity (Wildman–Crippen MR) is 95.9 cm³/mol. The largest absolute Gasteiger partial charge is 0.481 e. The number of hydrogen-bond donors (Lipinski definition) is 1. The van der Waals surface area contributed by atoms with Crippen LogP contribution in [0.3, 0.4) is 0 Å². The second-order valence-corrected chi connectivity index (χ2v) is 7.38. The molecular weight excluding hydrogens is 316 g/mol. The molecule has 0 radical (unpaired) electrons. The zero-order valence-corrected chi connectivity index (χ0v) is 14.9. The number of benzene rings is 1. The van der Waals surface area contributed by atoms with E-state index in [1.165, 1.54) is 5.56 Å². The Morgan fingerprint density at radius 2 is 1.68 bits per heavy atom. The third kappa shape index (κ3) is 4.21. The lowest BCUT2D eigenvalue weighted by molar-refractivity contribution is -0.149. The lowest BCUT2D eigenvalue weighted by atomic mass is 9.94. The summed E-state index contributed by atoms with van der Waals surface area (Å²) in [6.07, 6.45) is 2.34. The van der Waals surface area contributed by atoms with Crippen molar-refractivity contribution in [2.24, 2.45) is 17.8 Å². The molecule has 0 aromatic heterocycles. The summed E-state index contributed by atoms with van der Waals surface area (Å²) in [7, 11) is 0. The van der Waals surface area contributed by atoms with Gasteiger partial charge in [-0.3, -0.25) is 14.5 Å². The summed E-state index contributed by atoms with van der Waals surface area (Å²) in [5, 5.41) is 9.47. The molecule has 5 nitrogen and oxygen atoms in total. The maximum Gasteiger partial charge on any atom is 0.307 e. The van der Waals surface area contributed by atoms with E-state index in [9.17, 15) is 14.7 Å². The zero-order valence-electron chi connectivity index (χ0n) is 14.9. The Balaban J connectivity index is 1.55. The third-order valence-electron chi connectivity index (χ3n) is 5.80. The lowest BCUT2D eigenvalue weighted by Crippen LogP contribution is -2.50. The van der Waals surface area contributed by atoms with E-state index in [0.29, 0.717) is 25.4 Å². The van der Waals surface area contributed by atoms with Gasteiger partial charge in [-0.1, -0.05) is 43.7 Å². The minimum Gasteiger partial charge on any atom is -0.481 e. The van der Waals surface area contributed by atoms with Crippen LogP contribution >= 0.6 is 0 Å². The van der Waals surface area contributed by atoms with Gasteiger partial charge in [0.2, 0.25) is 5.91 Å². The first-order valence-electron chi connectivity index (χ1n) is 9.36. The molecule has 1 aliphatic heterocycles. The molecule has 136 valence electrons. The molecule has 1 unspecified atom stereocenters. The number of piperazine rings is 1. The Hall–Kier alpha value is -1.88. The van der Waals surface area contributed by atoms with Crippen molar-refractivity contribution in [3.63, 3.8) is 0 Å². The normalized spacial score (nSPS) is 27.4. The molecule has 2 fully saturated rings. The van der Waals surface area contributed by atoms with Gasteiger partial charge in [0.1, 0.15) is 0 Å². The van der Waals surface area contributed by atoms with E-state index in [0.717, 1.165) is 32.5 Å². The molecule has 1 N–H and O–H groups in total. The molecule has 0 bridgehead atoms. The molecule has 1 amide bonds. The van der Waals surface area contributed by atoms with Crippen molar-refractivity contribution in [1.29, 1.82) is 0 Å². The van der Waals surface area contributed by atoms with Gasteiger partial charge in [0.15, 0.2) is 0 Å². The lowest BCUT2D eigenvalue weighted by Gasteiger charge is -2.36. The van der Waals surface area contributed by atoms with Crippen LogP contribution in [0, 0.1) is 17.8 Å². The van der Waals surface area contributed by atoms with Crippen LogP contribution in [0.2, 0.25) is 0 Å². The molecule has 25 heavy (non-hydrogen) atoms. The number of amides is 1. The molecule has 1 aliphatic carbocycles. The highest BCUT2D eigenvalue weighted by molar-refractivity contribution is 5.85. The van der Waals surface area contributed by atoms with Crippen molar-refractivity contribution >= 4 is 11.9 Å².